The Morgan fingerprint density at radius 2 is 1.71 bits per heavy atom. The summed E-state index contributed by atoms with van der Waals surface area (Å²) in [7, 11) is -3.00. The van der Waals surface area contributed by atoms with Crippen LogP contribution in [0.25, 0.3) is 0 Å². The lowest BCUT2D eigenvalue weighted by molar-refractivity contribution is -0.385. The Labute approximate surface area is 239 Å². The quantitative estimate of drug-likeness (QED) is 0.237. The first-order valence-corrected chi connectivity index (χ1v) is 14.5. The van der Waals surface area contributed by atoms with Crippen molar-refractivity contribution in [2.24, 2.45) is 0 Å². The van der Waals surface area contributed by atoms with Gasteiger partial charge in [0.25, 0.3) is 15.7 Å². The summed E-state index contributed by atoms with van der Waals surface area (Å²) in [5.41, 5.74) is 0.829. The summed E-state index contributed by atoms with van der Waals surface area (Å²) in [4.78, 5) is 38.7. The van der Waals surface area contributed by atoms with Crippen LogP contribution in [0.5, 0.6) is 5.75 Å². The number of nitro groups is 1. The molecule has 1 unspecified atom stereocenters. The molecule has 3 aromatic carbocycles. The molecule has 0 heterocycles. The van der Waals surface area contributed by atoms with Gasteiger partial charge < -0.3 is 15.0 Å². The first-order chi connectivity index (χ1) is 19.5. The predicted octanol–water partition coefficient (Wildman–Crippen LogP) is 4.05. The number of nitrogens with one attached hydrogen (secondary N) is 1. The van der Waals surface area contributed by atoms with Crippen molar-refractivity contribution in [1.82, 2.24) is 10.2 Å². The highest BCUT2D eigenvalue weighted by atomic mass is 32.2. The van der Waals surface area contributed by atoms with Gasteiger partial charge in [-0.25, -0.2) is 8.42 Å². The van der Waals surface area contributed by atoms with E-state index in [0.717, 1.165) is 15.9 Å². The molecule has 3 rings (SSSR count). The molecule has 0 aromatic heterocycles. The van der Waals surface area contributed by atoms with Crippen LogP contribution in [-0.4, -0.2) is 56.3 Å². The van der Waals surface area contributed by atoms with Gasteiger partial charge in [0.1, 0.15) is 18.3 Å². The molecule has 1 atom stereocenters. The predicted molar refractivity (Wildman–Crippen MR) is 155 cm³/mol. The maximum absolute atomic E-state index is 14.0. The van der Waals surface area contributed by atoms with Gasteiger partial charge >= 0.3 is 0 Å². The van der Waals surface area contributed by atoms with Gasteiger partial charge in [-0.3, -0.25) is 24.0 Å². The number of carbonyl (C=O) groups is 2. The summed E-state index contributed by atoms with van der Waals surface area (Å²) in [5.74, 6) is -0.534. The monoisotopic (exact) mass is 582 g/mol. The maximum Gasteiger partial charge on any atom is 0.273 e. The van der Waals surface area contributed by atoms with E-state index in [1.165, 1.54) is 43.2 Å². The molecule has 2 amide bonds. The van der Waals surface area contributed by atoms with Gasteiger partial charge in [-0.2, -0.15) is 0 Å². The number of anilines is 1. The summed E-state index contributed by atoms with van der Waals surface area (Å²) >= 11 is 0. The van der Waals surface area contributed by atoms with Crippen molar-refractivity contribution in [1.29, 1.82) is 0 Å². The number of aryl methyl sites for hydroxylation is 1. The highest BCUT2D eigenvalue weighted by Crippen LogP contribution is 2.29. The topological polar surface area (TPSA) is 139 Å². The molecule has 0 radical (unpaired) electrons. The van der Waals surface area contributed by atoms with Crippen molar-refractivity contribution in [2.75, 3.05) is 24.5 Å². The number of sulfonamides is 1. The van der Waals surface area contributed by atoms with Gasteiger partial charge in [-0.1, -0.05) is 43.3 Å². The van der Waals surface area contributed by atoms with Crippen molar-refractivity contribution >= 4 is 33.2 Å². The number of hydrogen-bond donors (Lipinski definition) is 1. The third-order valence-electron chi connectivity index (χ3n) is 6.52. The number of ether oxygens (including phenoxy) is 1. The van der Waals surface area contributed by atoms with E-state index in [1.807, 2.05) is 13.0 Å². The highest BCUT2D eigenvalue weighted by molar-refractivity contribution is 7.92. The number of nitro benzene ring substituents is 1. The smallest absolute Gasteiger partial charge is 0.273 e. The van der Waals surface area contributed by atoms with Crippen LogP contribution in [0.2, 0.25) is 0 Å². The molecular formula is C29H34N4O7S. The first-order valence-electron chi connectivity index (χ1n) is 13.0. The van der Waals surface area contributed by atoms with Gasteiger partial charge in [0.2, 0.25) is 11.8 Å². The zero-order valence-electron chi connectivity index (χ0n) is 23.4. The fourth-order valence-corrected chi connectivity index (χ4v) is 5.54. The summed E-state index contributed by atoms with van der Waals surface area (Å²) < 4.78 is 34.0. The average molecular weight is 583 g/mol. The normalized spacial score (nSPS) is 11.8. The molecule has 0 spiro atoms. The highest BCUT2D eigenvalue weighted by Gasteiger charge is 2.33. The van der Waals surface area contributed by atoms with E-state index in [4.69, 9.17) is 4.74 Å². The van der Waals surface area contributed by atoms with Crippen molar-refractivity contribution in [3.05, 3.63) is 94.0 Å². The van der Waals surface area contributed by atoms with Gasteiger partial charge in [-0.15, -0.1) is 0 Å². The van der Waals surface area contributed by atoms with Crippen LogP contribution < -0.4 is 14.4 Å². The Bertz CT molecular complexity index is 1480. The van der Waals surface area contributed by atoms with E-state index in [1.54, 1.807) is 43.3 Å². The second-order valence-corrected chi connectivity index (χ2v) is 11.3. The molecule has 41 heavy (non-hydrogen) atoms. The Kier molecular flexibility index (Phi) is 10.4. The minimum Gasteiger partial charge on any atom is -0.497 e. The third-order valence-corrected chi connectivity index (χ3v) is 8.29. The molecule has 3 aromatic rings. The van der Waals surface area contributed by atoms with E-state index < -0.39 is 33.4 Å². The number of rotatable bonds is 13. The number of hydrogen-bond acceptors (Lipinski definition) is 7. The number of methoxy groups -OCH3 is 1. The average Bonchev–Trinajstić information content (AvgIpc) is 2.97. The number of amides is 2. The van der Waals surface area contributed by atoms with E-state index >= 15 is 0 Å². The zero-order chi connectivity index (χ0) is 30.2. The fourth-order valence-electron chi connectivity index (χ4n) is 4.11. The van der Waals surface area contributed by atoms with Crippen LogP contribution in [0.4, 0.5) is 11.4 Å². The van der Waals surface area contributed by atoms with Crippen LogP contribution in [0.3, 0.4) is 0 Å². The number of benzene rings is 3. The molecule has 0 aliphatic rings. The molecule has 218 valence electrons. The zero-order valence-corrected chi connectivity index (χ0v) is 24.3. The minimum atomic E-state index is -4.47. The SMILES string of the molecule is CCCNC(=O)C(C)N(Cc1ccccc1)C(=O)CN(c1ccc(OC)cc1)S(=O)(=O)c1ccc(C)c([N+](=O)[O-])c1. The molecular weight excluding hydrogens is 548 g/mol. The van der Waals surface area contributed by atoms with Gasteiger partial charge in [0.05, 0.1) is 22.6 Å². The van der Waals surface area contributed by atoms with Crippen LogP contribution in [0.1, 0.15) is 31.4 Å². The number of nitrogens with zero attached hydrogens (tertiary/aromatic N) is 3. The molecule has 0 bridgehead atoms. The van der Waals surface area contributed by atoms with Gasteiger partial charge in [-0.05, 0) is 56.2 Å². The molecule has 0 saturated heterocycles. The Morgan fingerprint density at radius 3 is 2.29 bits per heavy atom. The molecule has 12 heteroatoms. The van der Waals surface area contributed by atoms with E-state index in [0.29, 0.717) is 24.3 Å². The fraction of sp³-hybridized carbons (Fsp3) is 0.310. The molecule has 0 fully saturated rings. The second-order valence-electron chi connectivity index (χ2n) is 9.39. The Balaban J connectivity index is 2.07. The summed E-state index contributed by atoms with van der Waals surface area (Å²) in [6.07, 6.45) is 0.706. The standard InChI is InChI=1S/C29H34N4O7S/c1-5-17-30-29(35)22(3)31(19-23-9-7-6-8-10-23)28(34)20-32(24-12-14-25(40-4)15-13-24)41(38,39)26-16-11-21(2)27(18-26)33(36)37/h6-16,18,22H,5,17,19-20H2,1-4H3,(H,30,35). The second kappa shape index (κ2) is 13.8. The molecule has 0 aliphatic carbocycles. The molecule has 0 saturated carbocycles. The first kappa shape index (κ1) is 31.1. The van der Waals surface area contributed by atoms with Gasteiger partial charge in [0.15, 0.2) is 0 Å². The largest absolute Gasteiger partial charge is 0.497 e. The lowest BCUT2D eigenvalue weighted by Gasteiger charge is -2.32. The van der Waals surface area contributed by atoms with E-state index in [2.05, 4.69) is 5.32 Å². The van der Waals surface area contributed by atoms with Crippen molar-refractivity contribution in [3.8, 4) is 5.75 Å². The Morgan fingerprint density at radius 1 is 1.05 bits per heavy atom. The summed E-state index contributed by atoms with van der Waals surface area (Å²) in [6, 6.07) is 17.8. The van der Waals surface area contributed by atoms with Crippen molar-refractivity contribution < 1.29 is 27.7 Å². The molecule has 1 N–H and O–H groups in total. The summed E-state index contributed by atoms with van der Waals surface area (Å²) in [5, 5.41) is 14.3. The summed E-state index contributed by atoms with van der Waals surface area (Å²) in [6.45, 7) is 4.83. The van der Waals surface area contributed by atoms with Crippen molar-refractivity contribution in [3.63, 3.8) is 0 Å². The molecule has 11 nitrogen and oxygen atoms in total. The van der Waals surface area contributed by atoms with Crippen LogP contribution >= 0.6 is 0 Å². The van der Waals surface area contributed by atoms with Gasteiger partial charge in [0, 0.05) is 24.7 Å². The minimum absolute atomic E-state index is 0.0624. The third kappa shape index (κ3) is 7.60. The lowest BCUT2D eigenvalue weighted by atomic mass is 10.1. The maximum atomic E-state index is 14.0. The van der Waals surface area contributed by atoms with E-state index in [-0.39, 0.29) is 28.7 Å². The molecule has 0 aliphatic heterocycles. The number of carbonyl (C=O) groups excluding carboxylic acids is 2. The lowest BCUT2D eigenvalue weighted by Crippen LogP contribution is -2.51. The van der Waals surface area contributed by atoms with E-state index in [9.17, 15) is 28.1 Å². The van der Waals surface area contributed by atoms with Crippen molar-refractivity contribution in [2.45, 2.75) is 44.7 Å². The van der Waals surface area contributed by atoms with Crippen LogP contribution in [-0.2, 0) is 26.2 Å². The van der Waals surface area contributed by atoms with Crippen LogP contribution in [0.15, 0.2) is 77.7 Å². The van der Waals surface area contributed by atoms with Crippen LogP contribution in [0, 0.1) is 17.0 Å². The Hall–Kier alpha value is -4.45.